The molecule has 1 saturated carbocycles. The fourth-order valence-corrected chi connectivity index (χ4v) is 4.16. The summed E-state index contributed by atoms with van der Waals surface area (Å²) in [5.41, 5.74) is 0.555. The van der Waals surface area contributed by atoms with Gasteiger partial charge in [0.15, 0.2) is 9.84 Å². The van der Waals surface area contributed by atoms with Crippen molar-refractivity contribution in [3.8, 4) is 0 Å². The minimum absolute atomic E-state index is 0.151. The van der Waals surface area contributed by atoms with Crippen LogP contribution in [0.5, 0.6) is 0 Å². The van der Waals surface area contributed by atoms with Gasteiger partial charge in [0, 0.05) is 6.26 Å². The molecule has 1 aromatic rings. The molecule has 2 fully saturated rings. The lowest BCUT2D eigenvalue weighted by Crippen LogP contribution is -2.46. The van der Waals surface area contributed by atoms with Crippen molar-refractivity contribution < 1.29 is 18.0 Å². The van der Waals surface area contributed by atoms with E-state index in [1.165, 1.54) is 11.0 Å². The maximum Gasteiger partial charge on any atom is 0.325 e. The molecule has 1 aliphatic carbocycles. The van der Waals surface area contributed by atoms with Crippen molar-refractivity contribution in [2.45, 2.75) is 43.7 Å². The molecule has 2 aliphatic rings. The van der Waals surface area contributed by atoms with E-state index < -0.39 is 15.4 Å². The first-order chi connectivity index (χ1) is 10.6. The quantitative estimate of drug-likeness (QED) is 0.847. The summed E-state index contributed by atoms with van der Waals surface area (Å²) in [4.78, 5) is 26.2. The summed E-state index contributed by atoms with van der Waals surface area (Å²) in [6, 6.07) is 4.51. The number of rotatable bonds is 4. The van der Waals surface area contributed by atoms with Gasteiger partial charge in [0.2, 0.25) is 0 Å². The van der Waals surface area contributed by atoms with Gasteiger partial charge in [-0.1, -0.05) is 12.1 Å². The number of carbonyl (C=O) groups is 2. The standard InChI is InChI=1S/C16H20N2O4S/c1-10-8-11(4-7-13(10)23(3,21)22)9-18-14(19)16(2,12-5-6-12)17-15(18)20/h4,7-8,12H,5-6,9H2,1-3H3,(H,17,20). The fourth-order valence-electron chi connectivity index (χ4n) is 3.21. The molecular weight excluding hydrogens is 316 g/mol. The SMILES string of the molecule is Cc1cc(CN2C(=O)NC(C)(C3CC3)C2=O)ccc1S(C)(=O)=O. The first kappa shape index (κ1) is 16.0. The highest BCUT2D eigenvalue weighted by molar-refractivity contribution is 7.90. The minimum atomic E-state index is -3.28. The van der Waals surface area contributed by atoms with Gasteiger partial charge in [-0.2, -0.15) is 0 Å². The third kappa shape index (κ3) is 2.73. The normalized spacial score (nSPS) is 24.9. The van der Waals surface area contributed by atoms with Crippen molar-refractivity contribution in [3.63, 3.8) is 0 Å². The Morgan fingerprint density at radius 3 is 2.48 bits per heavy atom. The molecule has 0 spiro atoms. The minimum Gasteiger partial charge on any atom is -0.323 e. The number of nitrogens with one attached hydrogen (secondary N) is 1. The third-order valence-electron chi connectivity index (χ3n) is 4.67. The highest BCUT2D eigenvalue weighted by Crippen LogP contribution is 2.42. The van der Waals surface area contributed by atoms with Crippen LogP contribution in [-0.4, -0.2) is 37.1 Å². The molecule has 7 heteroatoms. The fraction of sp³-hybridized carbons (Fsp3) is 0.500. The zero-order valence-corrected chi connectivity index (χ0v) is 14.2. The van der Waals surface area contributed by atoms with E-state index in [-0.39, 0.29) is 29.3 Å². The monoisotopic (exact) mass is 336 g/mol. The maximum absolute atomic E-state index is 12.6. The molecule has 6 nitrogen and oxygen atoms in total. The van der Waals surface area contributed by atoms with Crippen LogP contribution in [0.2, 0.25) is 0 Å². The number of nitrogens with zero attached hydrogens (tertiary/aromatic N) is 1. The lowest BCUT2D eigenvalue weighted by molar-refractivity contribution is -0.131. The molecule has 124 valence electrons. The third-order valence-corrected chi connectivity index (χ3v) is 5.93. The molecule has 3 amide bonds. The van der Waals surface area contributed by atoms with E-state index in [1.54, 1.807) is 26.0 Å². The molecule has 23 heavy (non-hydrogen) atoms. The number of sulfone groups is 1. The summed E-state index contributed by atoms with van der Waals surface area (Å²) in [5, 5.41) is 2.80. The van der Waals surface area contributed by atoms with Crippen LogP contribution >= 0.6 is 0 Å². The summed E-state index contributed by atoms with van der Waals surface area (Å²) >= 11 is 0. The number of hydrogen-bond donors (Lipinski definition) is 1. The van der Waals surface area contributed by atoms with E-state index in [0.29, 0.717) is 5.56 Å². The molecule has 1 aromatic carbocycles. The van der Waals surface area contributed by atoms with Crippen LogP contribution in [-0.2, 0) is 21.2 Å². The van der Waals surface area contributed by atoms with Gasteiger partial charge in [-0.05, 0) is 49.8 Å². The number of amides is 3. The Balaban J connectivity index is 1.84. The number of imide groups is 1. The van der Waals surface area contributed by atoms with Crippen molar-refractivity contribution in [1.29, 1.82) is 0 Å². The zero-order chi connectivity index (χ0) is 17.0. The van der Waals surface area contributed by atoms with Gasteiger partial charge >= 0.3 is 6.03 Å². The number of carbonyl (C=O) groups excluding carboxylic acids is 2. The molecule has 0 aromatic heterocycles. The summed E-state index contributed by atoms with van der Waals surface area (Å²) < 4.78 is 23.3. The molecule has 0 bridgehead atoms. The predicted octanol–water partition coefficient (Wildman–Crippen LogP) is 1.62. The number of urea groups is 1. The van der Waals surface area contributed by atoms with Crippen LogP contribution in [0, 0.1) is 12.8 Å². The highest BCUT2D eigenvalue weighted by atomic mass is 32.2. The van der Waals surface area contributed by atoms with Gasteiger partial charge in [0.25, 0.3) is 5.91 Å². The molecule has 1 heterocycles. The Labute approximate surface area is 135 Å². The van der Waals surface area contributed by atoms with E-state index in [2.05, 4.69) is 5.32 Å². The summed E-state index contributed by atoms with van der Waals surface area (Å²) in [7, 11) is -3.28. The van der Waals surface area contributed by atoms with Gasteiger partial charge in [-0.25, -0.2) is 13.2 Å². The summed E-state index contributed by atoms with van der Waals surface area (Å²) in [6.07, 6.45) is 3.07. The van der Waals surface area contributed by atoms with Gasteiger partial charge in [0.05, 0.1) is 11.4 Å². The molecular formula is C16H20N2O4S. The van der Waals surface area contributed by atoms with Crippen LogP contribution in [0.3, 0.4) is 0 Å². The molecule has 0 radical (unpaired) electrons. The second kappa shape index (κ2) is 5.06. The van der Waals surface area contributed by atoms with E-state index in [0.717, 1.165) is 24.7 Å². The van der Waals surface area contributed by atoms with Crippen molar-refractivity contribution in [2.75, 3.05) is 6.26 Å². The molecule has 1 atom stereocenters. The van der Waals surface area contributed by atoms with Gasteiger partial charge in [-0.3, -0.25) is 9.69 Å². The first-order valence-electron chi connectivity index (χ1n) is 7.56. The average molecular weight is 336 g/mol. The Morgan fingerprint density at radius 1 is 1.30 bits per heavy atom. The molecule has 1 unspecified atom stereocenters. The zero-order valence-electron chi connectivity index (χ0n) is 13.4. The lowest BCUT2D eigenvalue weighted by atomic mass is 9.96. The maximum atomic E-state index is 12.6. The van der Waals surface area contributed by atoms with E-state index >= 15 is 0 Å². The molecule has 1 aliphatic heterocycles. The molecule has 3 rings (SSSR count). The number of hydrogen-bond acceptors (Lipinski definition) is 4. The Morgan fingerprint density at radius 2 is 1.96 bits per heavy atom. The Kier molecular flexibility index (Phi) is 3.51. The number of aryl methyl sites for hydroxylation is 1. The Hall–Kier alpha value is -1.89. The molecule has 1 N–H and O–H groups in total. The smallest absolute Gasteiger partial charge is 0.323 e. The first-order valence-corrected chi connectivity index (χ1v) is 9.46. The topological polar surface area (TPSA) is 83.6 Å². The predicted molar refractivity (Wildman–Crippen MR) is 84.5 cm³/mol. The second-order valence-corrected chi connectivity index (χ2v) is 8.65. The summed E-state index contributed by atoms with van der Waals surface area (Å²) in [6.45, 7) is 3.64. The largest absolute Gasteiger partial charge is 0.325 e. The van der Waals surface area contributed by atoms with Crippen LogP contribution in [0.25, 0.3) is 0 Å². The van der Waals surface area contributed by atoms with Gasteiger partial charge in [-0.15, -0.1) is 0 Å². The van der Waals surface area contributed by atoms with Crippen LogP contribution in [0.15, 0.2) is 23.1 Å². The van der Waals surface area contributed by atoms with E-state index in [4.69, 9.17) is 0 Å². The summed E-state index contributed by atoms with van der Waals surface area (Å²) in [5.74, 6) is 0.0214. The van der Waals surface area contributed by atoms with Crippen molar-refractivity contribution in [1.82, 2.24) is 10.2 Å². The van der Waals surface area contributed by atoms with Gasteiger partial charge < -0.3 is 5.32 Å². The molecule has 1 saturated heterocycles. The highest BCUT2D eigenvalue weighted by Gasteiger charge is 2.55. The van der Waals surface area contributed by atoms with Crippen LogP contribution in [0.4, 0.5) is 4.79 Å². The van der Waals surface area contributed by atoms with Crippen LogP contribution in [0.1, 0.15) is 30.9 Å². The van der Waals surface area contributed by atoms with Crippen molar-refractivity contribution >= 4 is 21.8 Å². The Bertz CT molecular complexity index is 798. The van der Waals surface area contributed by atoms with Crippen molar-refractivity contribution in [2.24, 2.45) is 5.92 Å². The average Bonchev–Trinajstić information content (AvgIpc) is 3.24. The van der Waals surface area contributed by atoms with Crippen molar-refractivity contribution in [3.05, 3.63) is 29.3 Å². The van der Waals surface area contributed by atoms with Crippen LogP contribution < -0.4 is 5.32 Å². The van der Waals surface area contributed by atoms with Gasteiger partial charge in [0.1, 0.15) is 5.54 Å². The second-order valence-electron chi connectivity index (χ2n) is 6.67. The lowest BCUT2D eigenvalue weighted by Gasteiger charge is -2.21. The number of benzene rings is 1. The van der Waals surface area contributed by atoms with E-state index in [9.17, 15) is 18.0 Å². The van der Waals surface area contributed by atoms with E-state index in [1.807, 2.05) is 0 Å².